The zero-order chi connectivity index (χ0) is 26.3. The van der Waals surface area contributed by atoms with Crippen molar-refractivity contribution < 1.29 is 35.8 Å². The minimum atomic E-state index is -4.66. The summed E-state index contributed by atoms with van der Waals surface area (Å²) in [5, 5.41) is 0. The minimum Gasteiger partial charge on any atom is -0.494 e. The molecule has 0 aliphatic rings. The summed E-state index contributed by atoms with van der Waals surface area (Å²) in [5.74, 6) is 1.66. The van der Waals surface area contributed by atoms with Gasteiger partial charge in [0.25, 0.3) is 0 Å². The van der Waals surface area contributed by atoms with Crippen LogP contribution in [-0.2, 0) is 29.2 Å². The molecule has 3 rings (SSSR count). The average molecular weight is 524 g/mol. The molecule has 0 aliphatic carbocycles. The topological polar surface area (TPSA) is 65.1 Å². The van der Waals surface area contributed by atoms with Crippen molar-refractivity contribution in [2.45, 2.75) is 31.0 Å². The number of ether oxygens (including phenoxy) is 3. The summed E-state index contributed by atoms with van der Waals surface area (Å²) in [6, 6.07) is 15.9. The molecule has 0 aliphatic heterocycles. The molecule has 3 aromatic carbocycles. The Labute approximate surface area is 209 Å². The van der Waals surface area contributed by atoms with E-state index in [0.29, 0.717) is 41.9 Å². The molecule has 0 spiro atoms. The number of nitrogens with zero attached hydrogens (tertiary/aromatic N) is 1. The first kappa shape index (κ1) is 27.3. The molecule has 10 heteroatoms. The number of rotatable bonds is 11. The smallest absolute Gasteiger partial charge is 0.416 e. The molecule has 36 heavy (non-hydrogen) atoms. The minimum absolute atomic E-state index is 0.0290. The molecule has 3 aromatic rings. The van der Waals surface area contributed by atoms with Crippen LogP contribution in [0.4, 0.5) is 13.2 Å². The first-order valence-electron chi connectivity index (χ1n) is 11.2. The van der Waals surface area contributed by atoms with Crippen molar-refractivity contribution >= 4 is 10.0 Å². The van der Waals surface area contributed by atoms with Gasteiger partial charge in [-0.1, -0.05) is 24.3 Å². The highest BCUT2D eigenvalue weighted by Gasteiger charge is 2.33. The third-order valence-corrected chi connectivity index (χ3v) is 7.33. The zero-order valence-electron chi connectivity index (χ0n) is 20.2. The second kappa shape index (κ2) is 11.7. The maximum atomic E-state index is 13.5. The highest BCUT2D eigenvalue weighted by Crippen LogP contribution is 2.32. The summed E-state index contributed by atoms with van der Waals surface area (Å²) in [7, 11) is -1.25. The predicted molar refractivity (Wildman–Crippen MR) is 130 cm³/mol. The molecular weight excluding hydrogens is 495 g/mol. The van der Waals surface area contributed by atoms with Crippen LogP contribution in [0.15, 0.2) is 71.6 Å². The Balaban J connectivity index is 1.93. The fourth-order valence-electron chi connectivity index (χ4n) is 3.62. The van der Waals surface area contributed by atoms with Crippen LogP contribution in [0.1, 0.15) is 23.6 Å². The molecule has 0 amide bonds. The molecule has 6 nitrogen and oxygen atoms in total. The van der Waals surface area contributed by atoms with E-state index in [0.717, 1.165) is 17.7 Å². The molecule has 0 fully saturated rings. The van der Waals surface area contributed by atoms with Crippen molar-refractivity contribution in [2.24, 2.45) is 0 Å². The van der Waals surface area contributed by atoms with Gasteiger partial charge in [0.1, 0.15) is 5.75 Å². The molecule has 0 heterocycles. The molecule has 194 valence electrons. The zero-order valence-corrected chi connectivity index (χ0v) is 21.0. The fraction of sp³-hybridized carbons (Fsp3) is 0.308. The number of halogens is 3. The van der Waals surface area contributed by atoms with Crippen LogP contribution in [0.5, 0.6) is 17.2 Å². The average Bonchev–Trinajstić information content (AvgIpc) is 2.87. The van der Waals surface area contributed by atoms with Crippen molar-refractivity contribution in [3.05, 3.63) is 83.4 Å². The molecule has 0 aromatic heterocycles. The standard InChI is InChI=1S/C26H28F3NO5S/c1-4-35-22-11-8-20(9-12-22)18-30(15-14-19-10-13-24(33-2)25(16-19)34-3)36(31,32)23-7-5-6-21(17-23)26(27,28)29/h5-13,16-17H,4,14-15,18H2,1-3H3. The monoisotopic (exact) mass is 523 g/mol. The Kier molecular flexibility index (Phi) is 8.86. The third kappa shape index (κ3) is 6.70. The summed E-state index contributed by atoms with van der Waals surface area (Å²) in [6.45, 7) is 2.34. The maximum Gasteiger partial charge on any atom is 0.416 e. The normalized spacial score (nSPS) is 12.0. The largest absolute Gasteiger partial charge is 0.494 e. The molecule has 0 bridgehead atoms. The van der Waals surface area contributed by atoms with Crippen LogP contribution < -0.4 is 14.2 Å². The van der Waals surface area contributed by atoms with E-state index in [2.05, 4.69) is 0 Å². The molecule has 0 N–H and O–H groups in total. The summed E-state index contributed by atoms with van der Waals surface area (Å²) in [4.78, 5) is -0.421. The number of sulfonamides is 1. The Morgan fingerprint density at radius 1 is 0.861 bits per heavy atom. The van der Waals surface area contributed by atoms with Gasteiger partial charge in [-0.2, -0.15) is 17.5 Å². The molecule has 0 saturated heterocycles. The fourth-order valence-corrected chi connectivity index (χ4v) is 5.09. The quantitative estimate of drug-likeness (QED) is 0.330. The van der Waals surface area contributed by atoms with Gasteiger partial charge in [-0.3, -0.25) is 0 Å². The van der Waals surface area contributed by atoms with E-state index in [9.17, 15) is 21.6 Å². The lowest BCUT2D eigenvalue weighted by molar-refractivity contribution is -0.137. The second-order valence-electron chi connectivity index (χ2n) is 7.88. The molecule has 0 radical (unpaired) electrons. The van der Waals surface area contributed by atoms with E-state index in [-0.39, 0.29) is 13.1 Å². The van der Waals surface area contributed by atoms with E-state index in [1.807, 2.05) is 6.92 Å². The van der Waals surface area contributed by atoms with E-state index < -0.39 is 26.7 Å². The van der Waals surface area contributed by atoms with Gasteiger partial charge in [0.15, 0.2) is 11.5 Å². The van der Waals surface area contributed by atoms with Gasteiger partial charge < -0.3 is 14.2 Å². The first-order valence-corrected chi connectivity index (χ1v) is 12.6. The summed E-state index contributed by atoms with van der Waals surface area (Å²) in [5.41, 5.74) is 0.425. The van der Waals surface area contributed by atoms with Crippen LogP contribution in [-0.4, -0.2) is 40.1 Å². The predicted octanol–water partition coefficient (Wildman–Crippen LogP) is 5.55. The summed E-state index contributed by atoms with van der Waals surface area (Å²) < 4.78 is 84.0. The third-order valence-electron chi connectivity index (χ3n) is 5.49. The highest BCUT2D eigenvalue weighted by molar-refractivity contribution is 7.89. The second-order valence-corrected chi connectivity index (χ2v) is 9.82. The lowest BCUT2D eigenvalue weighted by Gasteiger charge is -2.23. The van der Waals surface area contributed by atoms with Gasteiger partial charge in [0.05, 0.1) is 31.3 Å². The van der Waals surface area contributed by atoms with Gasteiger partial charge in [-0.25, -0.2) is 8.42 Å². The number of benzene rings is 3. The maximum absolute atomic E-state index is 13.5. The van der Waals surface area contributed by atoms with Crippen LogP contribution in [0.3, 0.4) is 0 Å². The molecule has 0 unspecified atom stereocenters. The van der Waals surface area contributed by atoms with Crippen LogP contribution in [0.2, 0.25) is 0 Å². The van der Waals surface area contributed by atoms with Gasteiger partial charge in [0, 0.05) is 13.1 Å². The van der Waals surface area contributed by atoms with E-state index in [4.69, 9.17) is 14.2 Å². The van der Waals surface area contributed by atoms with Crippen molar-refractivity contribution in [3.8, 4) is 17.2 Å². The van der Waals surface area contributed by atoms with Crippen molar-refractivity contribution in [1.82, 2.24) is 4.31 Å². The van der Waals surface area contributed by atoms with Crippen LogP contribution in [0.25, 0.3) is 0 Å². The SMILES string of the molecule is CCOc1ccc(CN(CCc2ccc(OC)c(OC)c2)S(=O)(=O)c2cccc(C(F)(F)F)c2)cc1. The highest BCUT2D eigenvalue weighted by atomic mass is 32.2. The Hall–Kier alpha value is -3.24. The van der Waals surface area contributed by atoms with Crippen LogP contribution in [0, 0.1) is 0 Å². The van der Waals surface area contributed by atoms with Crippen molar-refractivity contribution in [1.29, 1.82) is 0 Å². The molecule has 0 atom stereocenters. The first-order chi connectivity index (χ1) is 17.1. The van der Waals surface area contributed by atoms with E-state index in [1.165, 1.54) is 24.6 Å². The summed E-state index contributed by atoms with van der Waals surface area (Å²) >= 11 is 0. The number of hydrogen-bond donors (Lipinski definition) is 0. The summed E-state index contributed by atoms with van der Waals surface area (Å²) in [6.07, 6.45) is -4.36. The van der Waals surface area contributed by atoms with Crippen molar-refractivity contribution in [2.75, 3.05) is 27.4 Å². The van der Waals surface area contributed by atoms with Gasteiger partial charge in [0.2, 0.25) is 10.0 Å². The van der Waals surface area contributed by atoms with Crippen LogP contribution >= 0.6 is 0 Å². The Bertz CT molecular complexity index is 1260. The van der Waals surface area contributed by atoms with Gasteiger partial charge in [-0.05, 0) is 66.9 Å². The lowest BCUT2D eigenvalue weighted by atomic mass is 10.1. The van der Waals surface area contributed by atoms with E-state index in [1.54, 1.807) is 42.5 Å². The molecule has 0 saturated carbocycles. The number of methoxy groups -OCH3 is 2. The number of hydrogen-bond acceptors (Lipinski definition) is 5. The Morgan fingerprint density at radius 3 is 2.14 bits per heavy atom. The number of alkyl halides is 3. The van der Waals surface area contributed by atoms with Gasteiger partial charge in [-0.15, -0.1) is 0 Å². The Morgan fingerprint density at radius 2 is 1.53 bits per heavy atom. The lowest BCUT2D eigenvalue weighted by Crippen LogP contribution is -2.32. The van der Waals surface area contributed by atoms with E-state index >= 15 is 0 Å². The van der Waals surface area contributed by atoms with Crippen molar-refractivity contribution in [3.63, 3.8) is 0 Å². The van der Waals surface area contributed by atoms with Gasteiger partial charge >= 0.3 is 6.18 Å². The molecular formula is C26H28F3NO5S.